The molecule has 0 aromatic rings. The Balaban J connectivity index is 6.23. The Morgan fingerprint density at radius 2 is 0.650 bits per heavy atom. The number of hydrogen-bond acceptors (Lipinski definition) is 0. The Kier molecular flexibility index (Phi) is 4.85. The van der Waals surface area contributed by atoms with E-state index in [4.69, 9.17) is 0 Å². The second-order valence-corrected chi connectivity index (χ2v) is 3.19. The van der Waals surface area contributed by atoms with Crippen molar-refractivity contribution in [1.82, 2.24) is 0 Å². The van der Waals surface area contributed by atoms with E-state index in [2.05, 4.69) is 0 Å². The lowest BCUT2D eigenvalue weighted by Gasteiger charge is -2.19. The van der Waals surface area contributed by atoms with Crippen molar-refractivity contribution in [3.63, 3.8) is 0 Å². The molecule has 0 amide bonds. The zero-order valence-corrected chi connectivity index (χ0v) is 8.69. The number of alkyl halides is 12. The second kappa shape index (κ2) is 5.20. The first kappa shape index (κ1) is 18.6. The van der Waals surface area contributed by atoms with Crippen molar-refractivity contribution >= 4 is 0 Å². The van der Waals surface area contributed by atoms with E-state index >= 15 is 0 Å². The first-order valence-electron chi connectivity index (χ1n) is 4.17. The minimum absolute atomic E-state index is 1.88. The lowest BCUT2D eigenvalue weighted by Crippen LogP contribution is -2.27. The Morgan fingerprint density at radius 3 is 0.750 bits per heavy atom. The van der Waals surface area contributed by atoms with Crippen molar-refractivity contribution < 1.29 is 52.7 Å². The third kappa shape index (κ3) is 6.70. The molecule has 0 rings (SSSR count). The molecule has 118 valence electrons. The van der Waals surface area contributed by atoms with E-state index in [-0.39, 0.29) is 0 Å². The van der Waals surface area contributed by atoms with Gasteiger partial charge >= 0.3 is 24.7 Å². The molecule has 0 atom stereocenters. The average Bonchev–Trinajstić information content (AvgIpc) is 2.04. The number of allylic oxidation sites excluding steroid dienone is 4. The Bertz CT molecular complexity index is 355. The van der Waals surface area contributed by atoms with Crippen LogP contribution in [0.5, 0.6) is 0 Å². The zero-order valence-electron chi connectivity index (χ0n) is 8.69. The molecule has 0 saturated heterocycles. The summed E-state index contributed by atoms with van der Waals surface area (Å²) in [6, 6.07) is 0. The van der Waals surface area contributed by atoms with Gasteiger partial charge in [-0.1, -0.05) is 0 Å². The molecule has 0 aliphatic heterocycles. The molecular formula is C8H2F12. The zero-order chi connectivity index (χ0) is 16.6. The standard InChI is InChI=1S/C8H2F12/c9-5(10,11)1-3(7(15,16)17)4(8(18,19)20)2-6(12,13)14/h1-2H/b3-1-,4-2-. The van der Waals surface area contributed by atoms with Crippen molar-refractivity contribution in [2.45, 2.75) is 24.7 Å². The summed E-state index contributed by atoms with van der Waals surface area (Å²) in [6.07, 6.45) is -28.1. The van der Waals surface area contributed by atoms with Crippen LogP contribution in [0.25, 0.3) is 0 Å². The van der Waals surface area contributed by atoms with Gasteiger partial charge in [0.2, 0.25) is 0 Å². The SMILES string of the molecule is FC(F)(F)/C=C(/C(=C/C(F)(F)F)C(F)(F)F)C(F)(F)F. The highest BCUT2D eigenvalue weighted by atomic mass is 19.4. The van der Waals surface area contributed by atoms with Crippen LogP contribution in [0.2, 0.25) is 0 Å². The minimum atomic E-state index is -6.28. The number of rotatable bonds is 1. The number of halogens is 12. The van der Waals surface area contributed by atoms with E-state index in [1.807, 2.05) is 0 Å². The highest BCUT2D eigenvalue weighted by molar-refractivity contribution is 5.40. The van der Waals surface area contributed by atoms with Gasteiger partial charge in [-0.05, 0) is 0 Å². The normalized spacial score (nSPS) is 16.6. The van der Waals surface area contributed by atoms with Gasteiger partial charge in [0, 0.05) is 12.2 Å². The van der Waals surface area contributed by atoms with Gasteiger partial charge in [-0.3, -0.25) is 0 Å². The summed E-state index contributed by atoms with van der Waals surface area (Å²) >= 11 is 0. The van der Waals surface area contributed by atoms with Gasteiger partial charge in [0.25, 0.3) is 0 Å². The Hall–Kier alpha value is -1.36. The van der Waals surface area contributed by atoms with Gasteiger partial charge in [-0.2, -0.15) is 52.7 Å². The fourth-order valence-electron chi connectivity index (χ4n) is 0.952. The first-order chi connectivity index (χ1) is 8.43. The lowest BCUT2D eigenvalue weighted by atomic mass is 10.0. The van der Waals surface area contributed by atoms with Crippen LogP contribution in [0.1, 0.15) is 0 Å². The maximum absolute atomic E-state index is 12.1. The van der Waals surface area contributed by atoms with Gasteiger partial charge in [0.1, 0.15) is 0 Å². The summed E-state index contributed by atoms with van der Waals surface area (Å²) in [6.45, 7) is 0. The minimum Gasteiger partial charge on any atom is -0.167 e. The first-order valence-corrected chi connectivity index (χ1v) is 4.17. The van der Waals surface area contributed by atoms with E-state index in [1.165, 1.54) is 0 Å². The maximum Gasteiger partial charge on any atom is 0.417 e. The van der Waals surface area contributed by atoms with Gasteiger partial charge in [0.15, 0.2) is 0 Å². The Labute approximate surface area is 102 Å². The van der Waals surface area contributed by atoms with Crippen LogP contribution in [-0.4, -0.2) is 24.7 Å². The molecule has 0 heterocycles. The molecule has 12 heteroatoms. The highest BCUT2D eigenvalue weighted by Gasteiger charge is 2.50. The predicted molar refractivity (Wildman–Crippen MR) is 40.4 cm³/mol. The predicted octanol–water partition coefficient (Wildman–Crippen LogP) is 5.09. The van der Waals surface area contributed by atoms with Gasteiger partial charge in [-0.25, -0.2) is 0 Å². The van der Waals surface area contributed by atoms with Gasteiger partial charge < -0.3 is 0 Å². The van der Waals surface area contributed by atoms with Crippen LogP contribution in [0, 0.1) is 0 Å². The smallest absolute Gasteiger partial charge is 0.167 e. The summed E-state index contributed by atoms with van der Waals surface area (Å²) in [5.41, 5.74) is -6.95. The monoisotopic (exact) mass is 326 g/mol. The van der Waals surface area contributed by atoms with Crippen molar-refractivity contribution in [1.29, 1.82) is 0 Å². The molecule has 0 radical (unpaired) electrons. The quantitative estimate of drug-likeness (QED) is 0.465. The topological polar surface area (TPSA) is 0 Å². The molecule has 0 saturated carbocycles. The molecule has 0 aliphatic carbocycles. The fraction of sp³-hybridized carbons (Fsp3) is 0.500. The van der Waals surface area contributed by atoms with E-state index < -0.39 is 48.0 Å². The third-order valence-electron chi connectivity index (χ3n) is 1.52. The van der Waals surface area contributed by atoms with Gasteiger partial charge in [0.05, 0.1) is 11.1 Å². The molecule has 20 heavy (non-hydrogen) atoms. The van der Waals surface area contributed by atoms with Crippen molar-refractivity contribution in [3.8, 4) is 0 Å². The number of hydrogen-bond donors (Lipinski definition) is 0. The molecule has 0 nitrogen and oxygen atoms in total. The summed E-state index contributed by atoms with van der Waals surface area (Å²) in [5, 5.41) is 0. The van der Waals surface area contributed by atoms with E-state index in [1.54, 1.807) is 0 Å². The van der Waals surface area contributed by atoms with Gasteiger partial charge in [-0.15, -0.1) is 0 Å². The van der Waals surface area contributed by atoms with Crippen LogP contribution < -0.4 is 0 Å². The summed E-state index contributed by atoms with van der Waals surface area (Å²) < 4.78 is 143. The molecule has 0 aliphatic rings. The molecule has 0 bridgehead atoms. The van der Waals surface area contributed by atoms with Crippen LogP contribution in [0.15, 0.2) is 23.3 Å². The summed E-state index contributed by atoms with van der Waals surface area (Å²) in [5.74, 6) is 0. The largest absolute Gasteiger partial charge is 0.417 e. The molecule has 0 unspecified atom stereocenters. The molecular weight excluding hydrogens is 324 g/mol. The van der Waals surface area contributed by atoms with Crippen LogP contribution in [0.4, 0.5) is 52.7 Å². The van der Waals surface area contributed by atoms with Crippen LogP contribution >= 0.6 is 0 Å². The molecule has 0 N–H and O–H groups in total. The van der Waals surface area contributed by atoms with E-state index in [0.29, 0.717) is 0 Å². The molecule has 0 aromatic heterocycles. The third-order valence-corrected chi connectivity index (χ3v) is 1.52. The lowest BCUT2D eigenvalue weighted by molar-refractivity contribution is -0.130. The van der Waals surface area contributed by atoms with Crippen molar-refractivity contribution in [3.05, 3.63) is 23.3 Å². The Morgan fingerprint density at radius 1 is 0.450 bits per heavy atom. The van der Waals surface area contributed by atoms with E-state index in [9.17, 15) is 52.7 Å². The second-order valence-electron chi connectivity index (χ2n) is 3.19. The molecule has 0 fully saturated rings. The van der Waals surface area contributed by atoms with Crippen molar-refractivity contribution in [2.24, 2.45) is 0 Å². The van der Waals surface area contributed by atoms with Crippen molar-refractivity contribution in [2.75, 3.05) is 0 Å². The highest BCUT2D eigenvalue weighted by Crippen LogP contribution is 2.43. The van der Waals surface area contributed by atoms with E-state index in [0.717, 1.165) is 0 Å². The van der Waals surface area contributed by atoms with Crippen LogP contribution in [0.3, 0.4) is 0 Å². The van der Waals surface area contributed by atoms with Crippen LogP contribution in [-0.2, 0) is 0 Å². The molecule has 0 aromatic carbocycles. The maximum atomic E-state index is 12.1. The fourth-order valence-corrected chi connectivity index (χ4v) is 0.952. The summed E-state index contributed by atoms with van der Waals surface area (Å²) in [7, 11) is 0. The summed E-state index contributed by atoms with van der Waals surface area (Å²) in [4.78, 5) is 0. The molecule has 0 spiro atoms. The average molecular weight is 326 g/mol.